The van der Waals surface area contributed by atoms with Crippen LogP contribution >= 0.6 is 0 Å². The van der Waals surface area contributed by atoms with E-state index < -0.39 is 5.92 Å². The van der Waals surface area contributed by atoms with E-state index in [-0.39, 0.29) is 35.1 Å². The van der Waals surface area contributed by atoms with E-state index in [1.807, 2.05) is 20.8 Å². The summed E-state index contributed by atoms with van der Waals surface area (Å²) in [4.78, 5) is 35.1. The van der Waals surface area contributed by atoms with Gasteiger partial charge in [0.05, 0.1) is 0 Å². The molecule has 2 atom stereocenters. The van der Waals surface area contributed by atoms with Gasteiger partial charge in [-0.15, -0.1) is 0 Å². The summed E-state index contributed by atoms with van der Waals surface area (Å²) in [5.41, 5.74) is -0.307. The quantitative estimate of drug-likeness (QED) is 0.653. The number of hydrogen-bond donors (Lipinski definition) is 0. The molecule has 1 aliphatic rings. The van der Waals surface area contributed by atoms with Gasteiger partial charge in [-0.3, -0.25) is 14.4 Å². The van der Waals surface area contributed by atoms with Gasteiger partial charge >= 0.3 is 0 Å². The van der Waals surface area contributed by atoms with Gasteiger partial charge in [-0.2, -0.15) is 0 Å². The van der Waals surface area contributed by atoms with Crippen LogP contribution in [0.3, 0.4) is 0 Å². The van der Waals surface area contributed by atoms with Crippen LogP contribution in [0, 0.1) is 17.3 Å². The van der Waals surface area contributed by atoms with Gasteiger partial charge in [-0.25, -0.2) is 0 Å². The summed E-state index contributed by atoms with van der Waals surface area (Å²) >= 11 is 0. The summed E-state index contributed by atoms with van der Waals surface area (Å²) < 4.78 is 0. The van der Waals surface area contributed by atoms with Crippen molar-refractivity contribution in [3.05, 3.63) is 0 Å². The monoisotopic (exact) mass is 210 g/mol. The molecule has 0 aromatic rings. The standard InChI is InChI=1S/C12H18O3/c1-5-8(13)10-9(14)6-12(3,4)7(2)11(10)15/h7,10H,5-6H2,1-4H3. The summed E-state index contributed by atoms with van der Waals surface area (Å²) in [6.07, 6.45) is 0.589. The molecule has 1 aliphatic carbocycles. The minimum absolute atomic E-state index is 0.192. The van der Waals surface area contributed by atoms with Gasteiger partial charge in [0.25, 0.3) is 0 Å². The molecule has 0 aromatic heterocycles. The Labute approximate surface area is 90.2 Å². The highest BCUT2D eigenvalue weighted by molar-refractivity contribution is 6.21. The first kappa shape index (κ1) is 12.1. The molecule has 0 heterocycles. The number of carbonyl (C=O) groups excluding carboxylic acids is 3. The molecule has 15 heavy (non-hydrogen) atoms. The first-order chi connectivity index (χ1) is 6.81. The molecule has 0 amide bonds. The lowest BCUT2D eigenvalue weighted by molar-refractivity contribution is -0.148. The smallest absolute Gasteiger partial charge is 0.154 e. The average molecular weight is 210 g/mol. The zero-order chi connectivity index (χ0) is 11.8. The molecule has 84 valence electrons. The third kappa shape index (κ3) is 2.01. The number of carbonyl (C=O) groups is 3. The maximum atomic E-state index is 11.9. The zero-order valence-electron chi connectivity index (χ0n) is 9.79. The fraction of sp³-hybridized carbons (Fsp3) is 0.750. The third-order valence-electron chi connectivity index (χ3n) is 3.51. The topological polar surface area (TPSA) is 51.2 Å². The van der Waals surface area contributed by atoms with Crippen molar-refractivity contribution in [1.29, 1.82) is 0 Å². The van der Waals surface area contributed by atoms with Crippen LogP contribution in [0.15, 0.2) is 0 Å². The fourth-order valence-electron chi connectivity index (χ4n) is 2.04. The van der Waals surface area contributed by atoms with Gasteiger partial charge in [0.2, 0.25) is 0 Å². The van der Waals surface area contributed by atoms with Crippen molar-refractivity contribution in [3.63, 3.8) is 0 Å². The first-order valence-corrected chi connectivity index (χ1v) is 5.40. The Kier molecular flexibility index (Phi) is 3.12. The minimum atomic E-state index is -0.974. The van der Waals surface area contributed by atoms with Crippen LogP contribution in [0.5, 0.6) is 0 Å². The van der Waals surface area contributed by atoms with Gasteiger partial charge in [0.1, 0.15) is 5.92 Å². The second-order valence-corrected chi connectivity index (χ2v) is 5.01. The van der Waals surface area contributed by atoms with E-state index in [9.17, 15) is 14.4 Å². The van der Waals surface area contributed by atoms with E-state index in [2.05, 4.69) is 0 Å². The Hall–Kier alpha value is -0.990. The molecule has 0 aliphatic heterocycles. The number of Topliss-reactive ketones (excluding diaryl/α,β-unsaturated/α-hetero) is 3. The van der Waals surface area contributed by atoms with Gasteiger partial charge < -0.3 is 0 Å². The van der Waals surface area contributed by atoms with E-state index in [0.29, 0.717) is 6.42 Å². The Balaban J connectivity index is 3.00. The summed E-state index contributed by atoms with van der Waals surface area (Å²) in [6, 6.07) is 0. The van der Waals surface area contributed by atoms with Crippen LogP contribution in [0.1, 0.15) is 40.5 Å². The van der Waals surface area contributed by atoms with Crippen LogP contribution in [0.2, 0.25) is 0 Å². The number of hydrogen-bond acceptors (Lipinski definition) is 3. The Bertz CT molecular complexity index is 315. The highest BCUT2D eigenvalue weighted by Crippen LogP contribution is 2.39. The summed E-state index contributed by atoms with van der Waals surface area (Å²) in [7, 11) is 0. The lowest BCUT2D eigenvalue weighted by atomic mass is 9.64. The van der Waals surface area contributed by atoms with E-state index in [4.69, 9.17) is 0 Å². The predicted molar refractivity (Wildman–Crippen MR) is 56.4 cm³/mol. The molecule has 0 radical (unpaired) electrons. The van der Waals surface area contributed by atoms with Gasteiger partial charge in [0.15, 0.2) is 17.3 Å². The Morgan fingerprint density at radius 3 is 2.40 bits per heavy atom. The molecule has 0 aromatic carbocycles. The van der Waals surface area contributed by atoms with E-state index in [1.54, 1.807) is 6.92 Å². The van der Waals surface area contributed by atoms with Gasteiger partial charge in [0, 0.05) is 18.8 Å². The van der Waals surface area contributed by atoms with Crippen molar-refractivity contribution in [1.82, 2.24) is 0 Å². The van der Waals surface area contributed by atoms with E-state index in [0.717, 1.165) is 0 Å². The molecule has 0 N–H and O–H groups in total. The van der Waals surface area contributed by atoms with E-state index >= 15 is 0 Å². The van der Waals surface area contributed by atoms with Crippen LogP contribution in [-0.4, -0.2) is 17.3 Å². The van der Waals surface area contributed by atoms with Crippen molar-refractivity contribution in [2.45, 2.75) is 40.5 Å². The second-order valence-electron chi connectivity index (χ2n) is 5.01. The molecule has 1 fully saturated rings. The molecule has 1 saturated carbocycles. The summed E-state index contributed by atoms with van der Waals surface area (Å²) in [5.74, 6) is -1.81. The maximum Gasteiger partial charge on any atom is 0.154 e. The van der Waals surface area contributed by atoms with Crippen LogP contribution in [0.4, 0.5) is 0 Å². The van der Waals surface area contributed by atoms with Crippen LogP contribution in [-0.2, 0) is 14.4 Å². The third-order valence-corrected chi connectivity index (χ3v) is 3.51. The number of rotatable bonds is 2. The normalized spacial score (nSPS) is 30.4. The molecule has 3 heteroatoms. The lowest BCUT2D eigenvalue weighted by Crippen LogP contribution is -2.47. The summed E-state index contributed by atoms with van der Waals surface area (Å²) in [6.45, 7) is 7.30. The van der Waals surface area contributed by atoms with Gasteiger partial charge in [-0.1, -0.05) is 27.7 Å². The molecule has 1 rings (SSSR count). The molecule has 0 bridgehead atoms. The fourth-order valence-corrected chi connectivity index (χ4v) is 2.04. The predicted octanol–water partition coefficient (Wildman–Crippen LogP) is 1.79. The van der Waals surface area contributed by atoms with Gasteiger partial charge in [-0.05, 0) is 5.41 Å². The zero-order valence-corrected chi connectivity index (χ0v) is 9.79. The Morgan fingerprint density at radius 1 is 1.40 bits per heavy atom. The van der Waals surface area contributed by atoms with Crippen molar-refractivity contribution >= 4 is 17.3 Å². The Morgan fingerprint density at radius 2 is 1.93 bits per heavy atom. The van der Waals surface area contributed by atoms with Crippen LogP contribution in [0.25, 0.3) is 0 Å². The molecule has 0 spiro atoms. The second kappa shape index (κ2) is 3.87. The van der Waals surface area contributed by atoms with E-state index in [1.165, 1.54) is 0 Å². The van der Waals surface area contributed by atoms with Crippen molar-refractivity contribution in [2.75, 3.05) is 0 Å². The molecule has 2 unspecified atom stereocenters. The highest BCUT2D eigenvalue weighted by Gasteiger charge is 2.47. The average Bonchev–Trinajstić information content (AvgIpc) is 2.13. The largest absolute Gasteiger partial charge is 0.298 e. The number of ketones is 3. The molecular formula is C12H18O3. The van der Waals surface area contributed by atoms with Crippen molar-refractivity contribution in [3.8, 4) is 0 Å². The molecular weight excluding hydrogens is 192 g/mol. The lowest BCUT2D eigenvalue weighted by Gasteiger charge is -2.37. The molecule has 3 nitrogen and oxygen atoms in total. The van der Waals surface area contributed by atoms with Crippen molar-refractivity contribution in [2.24, 2.45) is 17.3 Å². The van der Waals surface area contributed by atoms with Crippen molar-refractivity contribution < 1.29 is 14.4 Å². The maximum absolute atomic E-state index is 11.9. The highest BCUT2D eigenvalue weighted by atomic mass is 16.2. The molecule has 0 saturated heterocycles. The first-order valence-electron chi connectivity index (χ1n) is 5.40. The summed E-state index contributed by atoms with van der Waals surface area (Å²) in [5, 5.41) is 0. The minimum Gasteiger partial charge on any atom is -0.298 e. The van der Waals surface area contributed by atoms with Crippen LogP contribution < -0.4 is 0 Å². The SMILES string of the molecule is CCC(=O)C1C(=O)CC(C)(C)C(C)C1=O.